The van der Waals surface area contributed by atoms with E-state index < -0.39 is 11.6 Å². The van der Waals surface area contributed by atoms with Crippen LogP contribution in [0.3, 0.4) is 0 Å². The average molecular weight is 465 g/mol. The number of aryl methyl sites for hydroxylation is 2. The van der Waals surface area contributed by atoms with Gasteiger partial charge in [-0.3, -0.25) is 0 Å². The van der Waals surface area contributed by atoms with Crippen molar-refractivity contribution in [1.29, 1.82) is 0 Å². The average Bonchev–Trinajstić information content (AvgIpc) is 3.23. The van der Waals surface area contributed by atoms with Gasteiger partial charge in [-0.05, 0) is 62.1 Å². The largest absolute Gasteiger partial charge is 0.392 e. The molecule has 4 nitrogen and oxygen atoms in total. The maximum absolute atomic E-state index is 11.2. The molecule has 4 heteroatoms. The van der Waals surface area contributed by atoms with E-state index in [-0.39, 0.29) is 12.5 Å². The number of anilines is 1. The van der Waals surface area contributed by atoms with Crippen LogP contribution in [0.15, 0.2) is 54.7 Å². The fourth-order valence-corrected chi connectivity index (χ4v) is 5.42. The lowest BCUT2D eigenvalue weighted by Gasteiger charge is -2.43. The summed E-state index contributed by atoms with van der Waals surface area (Å²) < 4.78 is 0. The third-order valence-electron chi connectivity index (χ3n) is 7.40. The number of aromatic nitrogens is 1. The number of hydrogen-bond donors (Lipinski definition) is 4. The number of rotatable bonds is 2. The van der Waals surface area contributed by atoms with Crippen LogP contribution in [-0.4, -0.2) is 26.8 Å². The van der Waals surface area contributed by atoms with Crippen molar-refractivity contribution in [3.8, 4) is 23.0 Å². The lowest BCUT2D eigenvalue weighted by atomic mass is 9.75. The highest BCUT2D eigenvalue weighted by Gasteiger charge is 2.40. The second kappa shape index (κ2) is 8.61. The van der Waals surface area contributed by atoms with E-state index in [9.17, 15) is 10.2 Å². The van der Waals surface area contributed by atoms with Crippen molar-refractivity contribution in [2.45, 2.75) is 58.8 Å². The third-order valence-corrected chi connectivity index (χ3v) is 7.40. The van der Waals surface area contributed by atoms with Gasteiger partial charge in [0.1, 0.15) is 0 Å². The number of nitrogens with one attached hydrogen (secondary N) is 2. The molecule has 3 aromatic carbocycles. The molecule has 5 rings (SSSR count). The van der Waals surface area contributed by atoms with E-state index in [2.05, 4.69) is 67.2 Å². The van der Waals surface area contributed by atoms with Gasteiger partial charge in [0, 0.05) is 45.4 Å². The van der Waals surface area contributed by atoms with Crippen molar-refractivity contribution in [3.63, 3.8) is 0 Å². The number of fused-ring (bicyclic) bond motifs is 2. The highest BCUT2D eigenvalue weighted by Crippen LogP contribution is 2.46. The van der Waals surface area contributed by atoms with Crippen LogP contribution in [0.5, 0.6) is 0 Å². The summed E-state index contributed by atoms with van der Waals surface area (Å²) in [6, 6.07) is 16.2. The fourth-order valence-electron chi connectivity index (χ4n) is 5.42. The smallest absolute Gasteiger partial charge is 0.0831 e. The Labute approximate surface area is 207 Å². The molecule has 4 aromatic rings. The molecular weight excluding hydrogens is 432 g/mol. The number of para-hydroxylation sites is 1. The Bertz CT molecular complexity index is 1500. The molecule has 0 fully saturated rings. The zero-order chi connectivity index (χ0) is 24.9. The predicted octanol–water partition coefficient (Wildman–Crippen LogP) is 6.01. The van der Waals surface area contributed by atoms with Gasteiger partial charge in [0.25, 0.3) is 0 Å². The van der Waals surface area contributed by atoms with Crippen molar-refractivity contribution in [1.82, 2.24) is 4.98 Å². The van der Waals surface area contributed by atoms with Crippen molar-refractivity contribution < 1.29 is 10.2 Å². The maximum atomic E-state index is 11.2. The molecule has 0 bridgehead atoms. The number of aliphatic hydroxyl groups excluding tert-OH is 2. The lowest BCUT2D eigenvalue weighted by molar-refractivity contribution is 0.0868. The van der Waals surface area contributed by atoms with Crippen LogP contribution in [0.4, 0.5) is 5.69 Å². The Morgan fingerprint density at radius 3 is 2.51 bits per heavy atom. The Kier molecular flexibility index (Phi) is 5.71. The van der Waals surface area contributed by atoms with E-state index in [1.165, 1.54) is 10.9 Å². The number of aliphatic hydroxyl groups is 2. The Hall–Kier alpha value is -3.52. The molecule has 0 amide bonds. The summed E-state index contributed by atoms with van der Waals surface area (Å²) in [5.74, 6) is 6.71. The third kappa shape index (κ3) is 3.82. The van der Waals surface area contributed by atoms with Gasteiger partial charge in [0.15, 0.2) is 0 Å². The highest BCUT2D eigenvalue weighted by atomic mass is 16.3. The quantitative estimate of drug-likeness (QED) is 0.275. The molecule has 4 N–H and O–H groups in total. The van der Waals surface area contributed by atoms with Gasteiger partial charge >= 0.3 is 0 Å². The second-order valence-corrected chi connectivity index (χ2v) is 10.2. The van der Waals surface area contributed by atoms with E-state index >= 15 is 0 Å². The first-order chi connectivity index (χ1) is 16.7. The normalized spacial score (nSPS) is 18.5. The lowest BCUT2D eigenvalue weighted by Crippen LogP contribution is -2.50. The Morgan fingerprint density at radius 1 is 0.971 bits per heavy atom. The fraction of sp³-hybridized carbons (Fsp3) is 0.290. The molecule has 35 heavy (non-hydrogen) atoms. The zero-order valence-electron chi connectivity index (χ0n) is 21.0. The number of H-pyrrole nitrogens is 1. The Balaban J connectivity index is 1.84. The first kappa shape index (κ1) is 23.2. The van der Waals surface area contributed by atoms with Crippen LogP contribution in [0, 0.1) is 25.7 Å². The topological polar surface area (TPSA) is 68.3 Å². The van der Waals surface area contributed by atoms with Crippen molar-refractivity contribution >= 4 is 16.6 Å². The monoisotopic (exact) mass is 464 g/mol. The van der Waals surface area contributed by atoms with Gasteiger partial charge < -0.3 is 20.5 Å². The Morgan fingerprint density at radius 2 is 1.74 bits per heavy atom. The molecule has 2 atom stereocenters. The van der Waals surface area contributed by atoms with Gasteiger partial charge in [0.2, 0.25) is 0 Å². The standard InChI is InChI=1S/C31H32N2O2/c1-18-15-26(25-12-8-11-23-19(2)16-32-29(23)25)24(14-13-21-9-6-7-10-22(21)17-34)27-20(3)30(35)31(4,5)33-28(18)27/h6-12,15-16,20,30,32-35H,17H2,1-5H3/t20-,30+/m0/s1. The first-order valence-corrected chi connectivity index (χ1v) is 12.1. The molecule has 0 saturated heterocycles. The molecule has 1 aromatic heterocycles. The number of hydrogen-bond acceptors (Lipinski definition) is 3. The minimum absolute atomic E-state index is 0.0599. The molecule has 0 saturated carbocycles. The molecule has 0 aliphatic carbocycles. The van der Waals surface area contributed by atoms with E-state index in [0.717, 1.165) is 50.1 Å². The summed E-state index contributed by atoms with van der Waals surface area (Å²) in [7, 11) is 0. The van der Waals surface area contributed by atoms with Crippen LogP contribution in [0.1, 0.15) is 60.1 Å². The number of benzene rings is 3. The number of aromatic amines is 1. The zero-order valence-corrected chi connectivity index (χ0v) is 21.0. The summed E-state index contributed by atoms with van der Waals surface area (Å²) in [4.78, 5) is 3.46. The summed E-state index contributed by atoms with van der Waals surface area (Å²) >= 11 is 0. The van der Waals surface area contributed by atoms with Crippen molar-refractivity contribution in [3.05, 3.63) is 88.1 Å². The minimum atomic E-state index is -0.571. The molecular formula is C31H32N2O2. The van der Waals surface area contributed by atoms with Gasteiger partial charge in [-0.1, -0.05) is 55.2 Å². The van der Waals surface area contributed by atoms with Crippen LogP contribution in [-0.2, 0) is 6.61 Å². The molecule has 178 valence electrons. The van der Waals surface area contributed by atoms with Gasteiger partial charge in [-0.2, -0.15) is 0 Å². The van der Waals surface area contributed by atoms with E-state index in [0.29, 0.717) is 0 Å². The molecule has 0 unspecified atom stereocenters. The molecule has 0 radical (unpaired) electrons. The van der Waals surface area contributed by atoms with Crippen LogP contribution in [0.2, 0.25) is 0 Å². The highest BCUT2D eigenvalue weighted by molar-refractivity contribution is 5.98. The van der Waals surface area contributed by atoms with E-state index in [1.807, 2.05) is 44.3 Å². The van der Waals surface area contributed by atoms with Crippen LogP contribution in [0.25, 0.3) is 22.0 Å². The molecule has 1 aliphatic heterocycles. The van der Waals surface area contributed by atoms with Crippen LogP contribution < -0.4 is 5.32 Å². The summed E-state index contributed by atoms with van der Waals surface area (Å²) in [6.07, 6.45) is 1.47. The second-order valence-electron chi connectivity index (χ2n) is 10.2. The van der Waals surface area contributed by atoms with Gasteiger partial charge in [0.05, 0.1) is 23.8 Å². The summed E-state index contributed by atoms with van der Waals surface area (Å²) in [5.41, 5.74) is 9.70. The summed E-state index contributed by atoms with van der Waals surface area (Å²) in [6.45, 7) is 10.3. The maximum Gasteiger partial charge on any atom is 0.0831 e. The summed E-state index contributed by atoms with van der Waals surface area (Å²) in [5, 5.41) is 25.8. The van der Waals surface area contributed by atoms with Gasteiger partial charge in [-0.25, -0.2) is 0 Å². The molecule has 1 aliphatic rings. The van der Waals surface area contributed by atoms with Crippen molar-refractivity contribution in [2.24, 2.45) is 0 Å². The van der Waals surface area contributed by atoms with Crippen molar-refractivity contribution in [2.75, 3.05) is 5.32 Å². The van der Waals surface area contributed by atoms with Gasteiger partial charge in [-0.15, -0.1) is 0 Å². The molecule has 0 spiro atoms. The predicted molar refractivity (Wildman–Crippen MR) is 144 cm³/mol. The SMILES string of the molecule is Cc1cc(-c2cccc3c(C)c[nH]c23)c(C#Cc2ccccc2CO)c2c1NC(C)(C)[C@H](O)[C@H]2C. The van der Waals surface area contributed by atoms with E-state index in [4.69, 9.17) is 0 Å². The molecule has 2 heterocycles. The first-order valence-electron chi connectivity index (χ1n) is 12.1. The van der Waals surface area contributed by atoms with Crippen LogP contribution >= 0.6 is 0 Å². The minimum Gasteiger partial charge on any atom is -0.392 e. The van der Waals surface area contributed by atoms with E-state index in [1.54, 1.807) is 0 Å².